The van der Waals surface area contributed by atoms with E-state index in [0.29, 0.717) is 17.1 Å². The Balaban J connectivity index is 1.36. The van der Waals surface area contributed by atoms with Crippen LogP contribution >= 0.6 is 0 Å². The molecule has 29 heavy (non-hydrogen) atoms. The Labute approximate surface area is 167 Å². The lowest BCUT2D eigenvalue weighted by molar-refractivity contribution is 0.0475. The van der Waals surface area contributed by atoms with E-state index in [1.807, 2.05) is 60.7 Å². The molecule has 0 unspecified atom stereocenters. The summed E-state index contributed by atoms with van der Waals surface area (Å²) in [5, 5.41) is 5.88. The molecule has 0 saturated carbocycles. The molecule has 2 N–H and O–H groups in total. The van der Waals surface area contributed by atoms with Crippen LogP contribution < -0.4 is 10.5 Å². The standard InChI is InChI=1S/C23H18N2O4/c24-22(17-7-2-1-3-8-17)25-29-23(26)21-13-12-20(28-21)15-27-19-11-10-16-6-4-5-9-18(16)14-19/h1-14H,15H2,(H2,24,25). The summed E-state index contributed by atoms with van der Waals surface area (Å²) in [5.41, 5.74) is 6.46. The number of benzene rings is 3. The monoisotopic (exact) mass is 386 g/mol. The van der Waals surface area contributed by atoms with Crippen molar-refractivity contribution in [3.63, 3.8) is 0 Å². The maximum absolute atomic E-state index is 12.1. The highest BCUT2D eigenvalue weighted by Gasteiger charge is 2.14. The molecular formula is C23H18N2O4. The van der Waals surface area contributed by atoms with Crippen LogP contribution in [0, 0.1) is 0 Å². The molecule has 4 aromatic rings. The lowest BCUT2D eigenvalue weighted by atomic mass is 10.1. The molecule has 0 fully saturated rings. The zero-order valence-corrected chi connectivity index (χ0v) is 15.4. The molecule has 0 atom stereocenters. The van der Waals surface area contributed by atoms with E-state index in [1.165, 1.54) is 6.07 Å². The average Bonchev–Trinajstić information content (AvgIpc) is 3.25. The molecule has 0 radical (unpaired) electrons. The number of furan rings is 1. The van der Waals surface area contributed by atoms with Crippen molar-refractivity contribution in [1.29, 1.82) is 0 Å². The molecular weight excluding hydrogens is 368 g/mol. The molecule has 6 nitrogen and oxygen atoms in total. The number of nitrogens with zero attached hydrogens (tertiary/aromatic N) is 1. The first-order valence-corrected chi connectivity index (χ1v) is 8.99. The molecule has 0 amide bonds. The molecule has 3 aromatic carbocycles. The van der Waals surface area contributed by atoms with Gasteiger partial charge in [-0.05, 0) is 35.0 Å². The van der Waals surface area contributed by atoms with Crippen LogP contribution in [0.2, 0.25) is 0 Å². The quantitative estimate of drug-likeness (QED) is 0.228. The first-order valence-electron chi connectivity index (χ1n) is 8.99. The lowest BCUT2D eigenvalue weighted by Crippen LogP contribution is -2.14. The smallest absolute Gasteiger partial charge is 0.400 e. The summed E-state index contributed by atoms with van der Waals surface area (Å²) < 4.78 is 11.2. The lowest BCUT2D eigenvalue weighted by Gasteiger charge is -2.05. The summed E-state index contributed by atoms with van der Waals surface area (Å²) >= 11 is 0. The fourth-order valence-electron chi connectivity index (χ4n) is 2.77. The summed E-state index contributed by atoms with van der Waals surface area (Å²) in [6.45, 7) is 0.182. The number of hydrogen-bond donors (Lipinski definition) is 1. The number of nitrogens with two attached hydrogens (primary N) is 1. The van der Waals surface area contributed by atoms with Crippen molar-refractivity contribution >= 4 is 22.6 Å². The Morgan fingerprint density at radius 2 is 1.66 bits per heavy atom. The van der Waals surface area contributed by atoms with Crippen molar-refractivity contribution in [2.75, 3.05) is 0 Å². The van der Waals surface area contributed by atoms with Crippen LogP contribution in [-0.2, 0) is 11.4 Å². The van der Waals surface area contributed by atoms with Crippen molar-refractivity contribution in [3.8, 4) is 5.75 Å². The van der Waals surface area contributed by atoms with Crippen LogP contribution in [0.15, 0.2) is 94.5 Å². The van der Waals surface area contributed by atoms with E-state index < -0.39 is 5.97 Å². The number of hydrogen-bond acceptors (Lipinski definition) is 5. The predicted octanol–water partition coefficient (Wildman–Crippen LogP) is 4.49. The minimum absolute atomic E-state index is 0.0201. The summed E-state index contributed by atoms with van der Waals surface area (Å²) in [6.07, 6.45) is 0. The van der Waals surface area contributed by atoms with E-state index in [9.17, 15) is 4.79 Å². The topological polar surface area (TPSA) is 87.1 Å². The summed E-state index contributed by atoms with van der Waals surface area (Å²) in [4.78, 5) is 17.0. The van der Waals surface area contributed by atoms with E-state index >= 15 is 0 Å². The minimum atomic E-state index is -0.735. The van der Waals surface area contributed by atoms with Gasteiger partial charge in [-0.15, -0.1) is 0 Å². The zero-order chi connectivity index (χ0) is 20.1. The Kier molecular flexibility index (Phi) is 5.25. The number of oxime groups is 1. The molecule has 0 bridgehead atoms. The third-order valence-corrected chi connectivity index (χ3v) is 4.26. The molecule has 1 aromatic heterocycles. The molecule has 4 rings (SSSR count). The molecule has 0 aliphatic carbocycles. The van der Waals surface area contributed by atoms with Crippen molar-refractivity contribution < 1.29 is 18.8 Å². The van der Waals surface area contributed by atoms with Crippen LogP contribution in [0.3, 0.4) is 0 Å². The van der Waals surface area contributed by atoms with E-state index in [2.05, 4.69) is 5.16 Å². The Hall–Kier alpha value is -4.06. The van der Waals surface area contributed by atoms with Crippen molar-refractivity contribution in [2.24, 2.45) is 10.9 Å². The van der Waals surface area contributed by atoms with Gasteiger partial charge in [0.1, 0.15) is 18.1 Å². The van der Waals surface area contributed by atoms with E-state index in [4.69, 9.17) is 19.7 Å². The maximum Gasteiger partial charge on any atom is 0.400 e. The third kappa shape index (κ3) is 4.44. The summed E-state index contributed by atoms with van der Waals surface area (Å²) in [7, 11) is 0. The number of carbonyl (C=O) groups is 1. The second-order valence-corrected chi connectivity index (χ2v) is 6.28. The summed E-state index contributed by atoms with van der Waals surface area (Å²) in [6, 6.07) is 26.0. The Bertz CT molecular complexity index is 1170. The van der Waals surface area contributed by atoms with Gasteiger partial charge in [-0.2, -0.15) is 0 Å². The first-order chi connectivity index (χ1) is 14.2. The van der Waals surface area contributed by atoms with E-state index in [1.54, 1.807) is 18.2 Å². The third-order valence-electron chi connectivity index (χ3n) is 4.26. The number of carbonyl (C=O) groups excluding carboxylic acids is 1. The molecule has 144 valence electrons. The first kappa shape index (κ1) is 18.3. The molecule has 0 aliphatic heterocycles. The van der Waals surface area contributed by atoms with Gasteiger partial charge in [-0.1, -0.05) is 65.8 Å². The maximum atomic E-state index is 12.1. The summed E-state index contributed by atoms with van der Waals surface area (Å²) in [5.74, 6) is 0.590. The van der Waals surface area contributed by atoms with Crippen molar-refractivity contribution in [2.45, 2.75) is 6.61 Å². The number of ether oxygens (including phenoxy) is 1. The van der Waals surface area contributed by atoms with Gasteiger partial charge in [0.2, 0.25) is 5.76 Å². The van der Waals surface area contributed by atoms with Gasteiger partial charge >= 0.3 is 5.97 Å². The molecule has 0 saturated heterocycles. The van der Waals surface area contributed by atoms with Crippen LogP contribution in [-0.4, -0.2) is 11.8 Å². The Morgan fingerprint density at radius 3 is 2.48 bits per heavy atom. The average molecular weight is 386 g/mol. The van der Waals surface area contributed by atoms with Crippen LogP contribution in [0.4, 0.5) is 0 Å². The largest absolute Gasteiger partial charge is 0.486 e. The molecule has 0 aliphatic rings. The molecule has 0 spiro atoms. The normalized spacial score (nSPS) is 11.4. The minimum Gasteiger partial charge on any atom is -0.486 e. The highest BCUT2D eigenvalue weighted by Crippen LogP contribution is 2.22. The van der Waals surface area contributed by atoms with E-state index in [-0.39, 0.29) is 18.2 Å². The highest BCUT2D eigenvalue weighted by molar-refractivity contribution is 5.97. The van der Waals surface area contributed by atoms with Gasteiger partial charge in [0, 0.05) is 5.56 Å². The SMILES string of the molecule is N/C(=N\OC(=O)c1ccc(COc2ccc3ccccc3c2)o1)c1ccccc1. The van der Waals surface area contributed by atoms with Gasteiger partial charge in [-0.3, -0.25) is 0 Å². The second-order valence-electron chi connectivity index (χ2n) is 6.28. The van der Waals surface area contributed by atoms with Crippen LogP contribution in [0.1, 0.15) is 21.9 Å². The Morgan fingerprint density at radius 1 is 0.897 bits per heavy atom. The second kappa shape index (κ2) is 8.31. The van der Waals surface area contributed by atoms with Gasteiger partial charge in [0.25, 0.3) is 0 Å². The fraction of sp³-hybridized carbons (Fsp3) is 0.0435. The van der Waals surface area contributed by atoms with Crippen LogP contribution in [0.25, 0.3) is 10.8 Å². The number of fused-ring (bicyclic) bond motifs is 1. The number of amidine groups is 1. The van der Waals surface area contributed by atoms with Gasteiger partial charge in [0.15, 0.2) is 5.84 Å². The van der Waals surface area contributed by atoms with E-state index in [0.717, 1.165) is 10.8 Å². The fourth-order valence-corrected chi connectivity index (χ4v) is 2.77. The van der Waals surface area contributed by atoms with Gasteiger partial charge < -0.3 is 19.7 Å². The number of rotatable bonds is 6. The molecule has 6 heteroatoms. The molecule has 1 heterocycles. The predicted molar refractivity (Wildman–Crippen MR) is 110 cm³/mol. The van der Waals surface area contributed by atoms with Gasteiger partial charge in [0.05, 0.1) is 0 Å². The van der Waals surface area contributed by atoms with Gasteiger partial charge in [-0.25, -0.2) is 4.79 Å². The zero-order valence-electron chi connectivity index (χ0n) is 15.4. The van der Waals surface area contributed by atoms with Crippen molar-refractivity contribution in [1.82, 2.24) is 0 Å². The van der Waals surface area contributed by atoms with Crippen molar-refractivity contribution in [3.05, 3.63) is 102 Å². The highest BCUT2D eigenvalue weighted by atomic mass is 16.7. The van der Waals surface area contributed by atoms with Crippen LogP contribution in [0.5, 0.6) is 5.75 Å².